The first-order valence-electron chi connectivity index (χ1n) is 10.7. The smallest absolute Gasteiger partial charge is 0.166 e. The molecular formula is C22H28N4O3S. The monoisotopic (exact) mass is 428 g/mol. The summed E-state index contributed by atoms with van der Waals surface area (Å²) in [6.45, 7) is 2.85. The maximum Gasteiger partial charge on any atom is 0.166 e. The number of aromatic amines is 1. The molecule has 1 unspecified atom stereocenters. The molecular weight excluding hydrogens is 400 g/mol. The SMILES string of the molecule is CC1(O)CCN(CS(=O)(=O)C2CCC(c3cnc4ncc5[nH]cccc5c34)CC2)C1. The molecule has 30 heavy (non-hydrogen) atoms. The molecule has 3 aromatic heterocycles. The number of sulfone groups is 1. The summed E-state index contributed by atoms with van der Waals surface area (Å²) < 4.78 is 26.0. The van der Waals surface area contributed by atoms with Gasteiger partial charge in [0.25, 0.3) is 0 Å². The van der Waals surface area contributed by atoms with Crippen molar-refractivity contribution in [3.05, 3.63) is 36.3 Å². The zero-order valence-corrected chi connectivity index (χ0v) is 18.0. The van der Waals surface area contributed by atoms with Crippen LogP contribution in [-0.4, -0.2) is 63.2 Å². The number of nitrogens with one attached hydrogen (secondary N) is 1. The molecule has 1 saturated carbocycles. The van der Waals surface area contributed by atoms with E-state index in [4.69, 9.17) is 0 Å². The van der Waals surface area contributed by atoms with E-state index in [0.29, 0.717) is 38.3 Å². The number of hydrogen-bond donors (Lipinski definition) is 2. The van der Waals surface area contributed by atoms with Crippen LogP contribution in [0, 0.1) is 0 Å². The number of nitrogens with zero attached hydrogens (tertiary/aromatic N) is 3. The molecule has 5 rings (SSSR count). The highest BCUT2D eigenvalue weighted by Gasteiger charge is 2.37. The van der Waals surface area contributed by atoms with Crippen LogP contribution in [0.25, 0.3) is 21.9 Å². The largest absolute Gasteiger partial charge is 0.389 e. The van der Waals surface area contributed by atoms with Crippen LogP contribution in [0.5, 0.6) is 0 Å². The molecule has 4 heterocycles. The lowest BCUT2D eigenvalue weighted by molar-refractivity contribution is 0.0710. The van der Waals surface area contributed by atoms with Gasteiger partial charge in [0.05, 0.1) is 22.6 Å². The Bertz CT molecular complexity index is 1180. The Morgan fingerprint density at radius 1 is 1.23 bits per heavy atom. The van der Waals surface area contributed by atoms with E-state index in [0.717, 1.165) is 34.8 Å². The first kappa shape index (κ1) is 19.9. The molecule has 1 aliphatic heterocycles. The maximum atomic E-state index is 13.0. The molecule has 1 aliphatic carbocycles. The topological polar surface area (TPSA) is 99.2 Å². The number of likely N-dealkylation sites (tertiary alicyclic amines) is 1. The number of hydrogen-bond acceptors (Lipinski definition) is 6. The molecule has 2 aliphatic rings. The fraction of sp³-hybridized carbons (Fsp3) is 0.545. The molecule has 0 amide bonds. The molecule has 1 atom stereocenters. The third-order valence-corrected chi connectivity index (χ3v) is 9.04. The maximum absolute atomic E-state index is 13.0. The average molecular weight is 429 g/mol. The van der Waals surface area contributed by atoms with Crippen molar-refractivity contribution >= 4 is 31.8 Å². The van der Waals surface area contributed by atoms with Crippen LogP contribution < -0.4 is 0 Å². The van der Waals surface area contributed by atoms with Gasteiger partial charge in [0.1, 0.15) is 5.88 Å². The fourth-order valence-corrected chi connectivity index (χ4v) is 7.14. The Kier molecular flexibility index (Phi) is 4.83. The van der Waals surface area contributed by atoms with Crippen LogP contribution in [-0.2, 0) is 9.84 Å². The van der Waals surface area contributed by atoms with E-state index in [1.54, 1.807) is 6.92 Å². The van der Waals surface area contributed by atoms with Crippen LogP contribution in [0.4, 0.5) is 0 Å². The molecule has 0 bridgehead atoms. The number of aromatic nitrogens is 3. The first-order chi connectivity index (χ1) is 14.3. The predicted molar refractivity (Wildman–Crippen MR) is 117 cm³/mol. The molecule has 8 heteroatoms. The van der Waals surface area contributed by atoms with E-state index in [2.05, 4.69) is 21.0 Å². The summed E-state index contributed by atoms with van der Waals surface area (Å²) in [7, 11) is -3.20. The highest BCUT2D eigenvalue weighted by atomic mass is 32.2. The van der Waals surface area contributed by atoms with E-state index in [1.165, 1.54) is 5.56 Å². The summed E-state index contributed by atoms with van der Waals surface area (Å²) in [5, 5.41) is 12.0. The van der Waals surface area contributed by atoms with E-state index >= 15 is 0 Å². The van der Waals surface area contributed by atoms with Crippen molar-refractivity contribution in [1.82, 2.24) is 19.9 Å². The summed E-state index contributed by atoms with van der Waals surface area (Å²) >= 11 is 0. The van der Waals surface area contributed by atoms with E-state index in [9.17, 15) is 13.5 Å². The second-order valence-electron chi connectivity index (χ2n) is 9.23. The van der Waals surface area contributed by atoms with Crippen molar-refractivity contribution in [3.8, 4) is 0 Å². The minimum atomic E-state index is -3.20. The number of rotatable bonds is 4. The second-order valence-corrected chi connectivity index (χ2v) is 11.5. The Hall–Kier alpha value is -2.03. The van der Waals surface area contributed by atoms with E-state index in [-0.39, 0.29) is 11.1 Å². The van der Waals surface area contributed by atoms with Gasteiger partial charge < -0.3 is 10.1 Å². The fourth-order valence-electron chi connectivity index (χ4n) is 5.21. The quantitative estimate of drug-likeness (QED) is 0.663. The highest BCUT2D eigenvalue weighted by Crippen LogP contribution is 2.40. The average Bonchev–Trinajstić information content (AvgIpc) is 3.30. The van der Waals surface area contributed by atoms with Crippen LogP contribution in [0.3, 0.4) is 0 Å². The van der Waals surface area contributed by atoms with Crippen LogP contribution >= 0.6 is 0 Å². The van der Waals surface area contributed by atoms with Gasteiger partial charge in [-0.05, 0) is 56.6 Å². The molecule has 0 aromatic carbocycles. The van der Waals surface area contributed by atoms with Crippen LogP contribution in [0.1, 0.15) is 50.5 Å². The van der Waals surface area contributed by atoms with Crippen molar-refractivity contribution in [2.75, 3.05) is 19.0 Å². The van der Waals surface area contributed by atoms with Gasteiger partial charge >= 0.3 is 0 Å². The third-order valence-electron chi connectivity index (χ3n) is 6.83. The number of β-amino-alcohol motifs (C(OH)–C–C–N with tert-alkyl or cyclic N) is 1. The van der Waals surface area contributed by atoms with Crippen LogP contribution in [0.15, 0.2) is 30.7 Å². The summed E-state index contributed by atoms with van der Waals surface area (Å²) in [5.41, 5.74) is 2.16. The van der Waals surface area contributed by atoms with Gasteiger partial charge in [0, 0.05) is 36.3 Å². The normalized spacial score (nSPS) is 28.5. The molecule has 1 saturated heterocycles. The standard InChI is InChI=1S/C22H28N4O3S/c1-22(27)8-10-26(13-22)14-30(28,29)16-6-4-15(5-7-16)18-11-24-21-20(18)17-3-2-9-23-19(17)12-25-21/h2-3,9,11-12,15-16,23,27H,4-8,10,13-14H2,1H3. The summed E-state index contributed by atoms with van der Waals surface area (Å²) in [5.74, 6) is 0.366. The van der Waals surface area contributed by atoms with Gasteiger partial charge in [0.15, 0.2) is 15.5 Å². The van der Waals surface area contributed by atoms with Crippen LogP contribution in [0.2, 0.25) is 0 Å². The van der Waals surface area contributed by atoms with Crippen molar-refractivity contribution in [2.45, 2.75) is 55.8 Å². The predicted octanol–water partition coefficient (Wildman–Crippen LogP) is 2.97. The Morgan fingerprint density at radius 2 is 2.00 bits per heavy atom. The molecule has 2 N–H and O–H groups in total. The zero-order valence-electron chi connectivity index (χ0n) is 17.2. The number of H-pyrrole nitrogens is 1. The van der Waals surface area contributed by atoms with Gasteiger partial charge in [0.2, 0.25) is 0 Å². The molecule has 0 radical (unpaired) electrons. The summed E-state index contributed by atoms with van der Waals surface area (Å²) in [6, 6.07) is 4.07. The number of aliphatic hydroxyl groups is 1. The molecule has 160 valence electrons. The van der Waals surface area contributed by atoms with Crippen molar-refractivity contribution in [1.29, 1.82) is 0 Å². The minimum absolute atomic E-state index is 0.0593. The van der Waals surface area contributed by atoms with Crippen molar-refractivity contribution in [2.24, 2.45) is 0 Å². The molecule has 3 aromatic rings. The van der Waals surface area contributed by atoms with Gasteiger partial charge in [-0.3, -0.25) is 4.90 Å². The molecule has 2 fully saturated rings. The van der Waals surface area contributed by atoms with Gasteiger partial charge in [-0.15, -0.1) is 0 Å². The van der Waals surface area contributed by atoms with Crippen molar-refractivity contribution < 1.29 is 13.5 Å². The third kappa shape index (κ3) is 3.61. The van der Waals surface area contributed by atoms with Gasteiger partial charge in [-0.2, -0.15) is 0 Å². The lowest BCUT2D eigenvalue weighted by Crippen LogP contribution is -2.38. The zero-order chi connectivity index (χ0) is 20.9. The highest BCUT2D eigenvalue weighted by molar-refractivity contribution is 7.91. The molecule has 0 spiro atoms. The lowest BCUT2D eigenvalue weighted by Gasteiger charge is -2.29. The lowest BCUT2D eigenvalue weighted by atomic mass is 9.83. The van der Waals surface area contributed by atoms with Crippen molar-refractivity contribution in [3.63, 3.8) is 0 Å². The Morgan fingerprint density at radius 3 is 2.73 bits per heavy atom. The minimum Gasteiger partial charge on any atom is -0.389 e. The van der Waals surface area contributed by atoms with Gasteiger partial charge in [-0.25, -0.2) is 18.4 Å². The summed E-state index contributed by atoms with van der Waals surface area (Å²) in [6.07, 6.45) is 9.30. The molecule has 7 nitrogen and oxygen atoms in total. The first-order valence-corrected chi connectivity index (χ1v) is 12.4. The van der Waals surface area contributed by atoms with E-state index in [1.807, 2.05) is 29.6 Å². The van der Waals surface area contributed by atoms with Gasteiger partial charge in [-0.1, -0.05) is 6.07 Å². The number of pyridine rings is 2. The van der Waals surface area contributed by atoms with E-state index < -0.39 is 15.4 Å². The number of fused-ring (bicyclic) bond motifs is 3. The Balaban J connectivity index is 1.32. The summed E-state index contributed by atoms with van der Waals surface area (Å²) in [4.78, 5) is 14.1. The Labute approximate surface area is 176 Å². The second kappa shape index (κ2) is 7.28.